The van der Waals surface area contributed by atoms with E-state index in [0.717, 1.165) is 33.9 Å². The monoisotopic (exact) mass is 468 g/mol. The van der Waals surface area contributed by atoms with Crippen molar-refractivity contribution in [3.63, 3.8) is 0 Å². The summed E-state index contributed by atoms with van der Waals surface area (Å²) in [6.07, 6.45) is -0.637. The third-order valence-corrected chi connectivity index (χ3v) is 7.78. The first-order valence-electron chi connectivity index (χ1n) is 11.3. The topological polar surface area (TPSA) is 112 Å². The molecule has 2 heterocycles. The summed E-state index contributed by atoms with van der Waals surface area (Å²) in [4.78, 5) is 14.3. The lowest BCUT2D eigenvalue weighted by atomic mass is 9.78. The van der Waals surface area contributed by atoms with Crippen molar-refractivity contribution in [3.8, 4) is 5.75 Å². The van der Waals surface area contributed by atoms with E-state index in [0.29, 0.717) is 13.2 Å². The maximum atomic E-state index is 12.5. The zero-order chi connectivity index (χ0) is 23.7. The van der Waals surface area contributed by atoms with E-state index < -0.39 is 6.10 Å². The third-order valence-electron chi connectivity index (χ3n) is 6.77. The van der Waals surface area contributed by atoms with E-state index in [4.69, 9.17) is 15.9 Å². The molecule has 0 aromatic heterocycles. The van der Waals surface area contributed by atoms with Gasteiger partial charge in [-0.2, -0.15) is 11.8 Å². The van der Waals surface area contributed by atoms with E-state index >= 15 is 0 Å². The van der Waals surface area contributed by atoms with E-state index in [1.165, 1.54) is 10.9 Å². The molecule has 1 amide bonds. The smallest absolute Gasteiger partial charge is 0.234 e. The van der Waals surface area contributed by atoms with Gasteiger partial charge in [0, 0.05) is 35.1 Å². The fourth-order valence-electron chi connectivity index (χ4n) is 5.07. The number of guanidine groups is 1. The highest BCUT2D eigenvalue weighted by Crippen LogP contribution is 2.47. The van der Waals surface area contributed by atoms with Gasteiger partial charge in [0.2, 0.25) is 5.91 Å². The van der Waals surface area contributed by atoms with Crippen LogP contribution in [0.3, 0.4) is 0 Å². The van der Waals surface area contributed by atoms with Crippen molar-refractivity contribution in [2.75, 3.05) is 18.9 Å². The number of benzene rings is 2. The van der Waals surface area contributed by atoms with Crippen molar-refractivity contribution in [2.45, 2.75) is 38.7 Å². The van der Waals surface area contributed by atoms with Crippen molar-refractivity contribution < 1.29 is 14.6 Å². The van der Waals surface area contributed by atoms with E-state index in [2.05, 4.69) is 36.5 Å². The van der Waals surface area contributed by atoms with Crippen LogP contribution in [0, 0.1) is 17.2 Å². The Labute approximate surface area is 198 Å². The Morgan fingerprint density at radius 3 is 2.76 bits per heavy atom. The van der Waals surface area contributed by atoms with Crippen LogP contribution in [0.25, 0.3) is 10.8 Å². The van der Waals surface area contributed by atoms with Crippen molar-refractivity contribution >= 4 is 34.4 Å². The highest BCUT2D eigenvalue weighted by molar-refractivity contribution is 7.98. The number of fused-ring (bicyclic) bond motifs is 2. The van der Waals surface area contributed by atoms with E-state index in [-0.39, 0.29) is 29.7 Å². The SMILES string of the molecule is CC1=C(COc2cccc3c(CSCCNC(=N)N)cccc23)[C@H](C)[C@@H]2[C@@H]([C@@H](C)O)C(=O)N12. The Hall–Kier alpha value is -2.71. The Morgan fingerprint density at radius 1 is 1.30 bits per heavy atom. The minimum absolute atomic E-state index is 0.0000459. The summed E-state index contributed by atoms with van der Waals surface area (Å²) in [6, 6.07) is 12.4. The van der Waals surface area contributed by atoms with Crippen molar-refractivity contribution in [1.82, 2.24) is 10.2 Å². The molecule has 1 fully saturated rings. The van der Waals surface area contributed by atoms with Crippen LogP contribution < -0.4 is 15.8 Å². The molecule has 2 aliphatic heterocycles. The predicted octanol–water partition coefficient (Wildman–Crippen LogP) is 3.07. The van der Waals surface area contributed by atoms with Gasteiger partial charge >= 0.3 is 0 Å². The number of nitrogens with two attached hydrogens (primary N) is 1. The van der Waals surface area contributed by atoms with Gasteiger partial charge in [0.1, 0.15) is 12.4 Å². The number of nitrogens with zero attached hydrogens (tertiary/aromatic N) is 1. The molecule has 1 saturated heterocycles. The molecule has 2 aromatic rings. The number of rotatable bonds is 9. The number of carbonyl (C=O) groups is 1. The highest BCUT2D eigenvalue weighted by atomic mass is 32.2. The lowest BCUT2D eigenvalue weighted by Crippen LogP contribution is -2.62. The van der Waals surface area contributed by atoms with Crippen LogP contribution in [0.4, 0.5) is 0 Å². The van der Waals surface area contributed by atoms with Crippen LogP contribution in [-0.2, 0) is 10.5 Å². The summed E-state index contributed by atoms with van der Waals surface area (Å²) in [5.74, 6) is 2.41. The molecule has 8 heteroatoms. The van der Waals surface area contributed by atoms with Crippen LogP contribution in [0.2, 0.25) is 0 Å². The summed E-state index contributed by atoms with van der Waals surface area (Å²) in [7, 11) is 0. The summed E-state index contributed by atoms with van der Waals surface area (Å²) in [5.41, 5.74) is 8.66. The first kappa shape index (κ1) is 23.4. The number of amides is 1. The van der Waals surface area contributed by atoms with Crippen molar-refractivity contribution in [3.05, 3.63) is 53.2 Å². The molecule has 2 aliphatic rings. The van der Waals surface area contributed by atoms with Crippen LogP contribution in [0.1, 0.15) is 26.3 Å². The van der Waals surface area contributed by atoms with Gasteiger partial charge in [-0.25, -0.2) is 0 Å². The second-order valence-electron chi connectivity index (χ2n) is 8.81. The summed E-state index contributed by atoms with van der Waals surface area (Å²) >= 11 is 1.79. The lowest BCUT2D eigenvalue weighted by Gasteiger charge is -2.46. The van der Waals surface area contributed by atoms with Gasteiger partial charge in [0.05, 0.1) is 18.1 Å². The zero-order valence-electron chi connectivity index (χ0n) is 19.3. The van der Waals surface area contributed by atoms with Crippen LogP contribution >= 0.6 is 11.8 Å². The number of hydrogen-bond donors (Lipinski definition) is 4. The van der Waals surface area contributed by atoms with Gasteiger partial charge in [0.25, 0.3) is 0 Å². The average molecular weight is 469 g/mol. The molecule has 5 N–H and O–H groups in total. The third kappa shape index (κ3) is 4.42. The molecular weight excluding hydrogens is 436 g/mol. The Kier molecular flexibility index (Phi) is 6.86. The number of hydrogen-bond acceptors (Lipinski definition) is 5. The van der Waals surface area contributed by atoms with E-state index in [1.807, 2.05) is 24.0 Å². The first-order valence-corrected chi connectivity index (χ1v) is 12.5. The number of carbonyl (C=O) groups excluding carboxylic acids is 1. The molecule has 0 radical (unpaired) electrons. The average Bonchev–Trinajstić information content (AvgIpc) is 2.97. The van der Waals surface area contributed by atoms with Crippen LogP contribution in [0.5, 0.6) is 5.75 Å². The summed E-state index contributed by atoms with van der Waals surface area (Å²) in [6.45, 7) is 6.89. The number of thioether (sulfide) groups is 1. The maximum Gasteiger partial charge on any atom is 0.234 e. The second-order valence-corrected chi connectivity index (χ2v) is 9.92. The molecule has 0 aliphatic carbocycles. The maximum absolute atomic E-state index is 12.5. The van der Waals surface area contributed by atoms with Crippen LogP contribution in [0.15, 0.2) is 47.7 Å². The second kappa shape index (κ2) is 9.65. The number of aliphatic hydroxyl groups is 1. The molecule has 4 rings (SSSR count). The van der Waals surface area contributed by atoms with Gasteiger partial charge in [0.15, 0.2) is 5.96 Å². The Bertz CT molecular complexity index is 1100. The standard InChI is InChI=1S/C25H32N4O3S/c1-14-20(15(2)29-23(14)22(16(3)30)24(29)31)12-32-21-9-5-7-18-17(6-4-8-19(18)21)13-33-11-10-28-25(26)27/h4-9,14,16,22-23,30H,10-13H2,1-3H3,(H4,26,27,28)/t14-,16+,22+,23+/m0/s1. The molecule has 2 aromatic carbocycles. The number of ether oxygens (including phenoxy) is 1. The number of aliphatic hydroxyl groups excluding tert-OH is 1. The van der Waals surface area contributed by atoms with Gasteiger partial charge in [-0.3, -0.25) is 10.2 Å². The van der Waals surface area contributed by atoms with Gasteiger partial charge in [-0.1, -0.05) is 37.3 Å². The molecular formula is C25H32N4O3S. The summed E-state index contributed by atoms with van der Waals surface area (Å²) in [5, 5.41) is 22.3. The molecule has 33 heavy (non-hydrogen) atoms. The molecule has 176 valence electrons. The quantitative estimate of drug-likeness (QED) is 0.195. The zero-order valence-corrected chi connectivity index (χ0v) is 20.1. The minimum Gasteiger partial charge on any atom is -0.489 e. The number of allylic oxidation sites excluding steroid dienone is 1. The van der Waals surface area contributed by atoms with Crippen molar-refractivity contribution in [1.29, 1.82) is 5.41 Å². The fraction of sp³-hybridized carbons (Fsp3) is 0.440. The normalized spacial score (nSPS) is 22.8. The van der Waals surface area contributed by atoms with Crippen molar-refractivity contribution in [2.24, 2.45) is 17.6 Å². The lowest BCUT2D eigenvalue weighted by molar-refractivity contribution is -0.159. The van der Waals surface area contributed by atoms with E-state index in [1.54, 1.807) is 18.7 Å². The Morgan fingerprint density at radius 2 is 2.03 bits per heavy atom. The first-order chi connectivity index (χ1) is 15.8. The largest absolute Gasteiger partial charge is 0.489 e. The predicted molar refractivity (Wildman–Crippen MR) is 133 cm³/mol. The van der Waals surface area contributed by atoms with Gasteiger partial charge in [-0.15, -0.1) is 0 Å². The summed E-state index contributed by atoms with van der Waals surface area (Å²) < 4.78 is 6.31. The molecule has 0 unspecified atom stereocenters. The van der Waals surface area contributed by atoms with Gasteiger partial charge < -0.3 is 25.8 Å². The molecule has 0 spiro atoms. The Balaban J connectivity index is 1.46. The molecule has 7 nitrogen and oxygen atoms in total. The molecule has 4 atom stereocenters. The molecule has 0 bridgehead atoms. The highest BCUT2D eigenvalue weighted by Gasteiger charge is 2.57. The van der Waals surface area contributed by atoms with Crippen LogP contribution in [-0.4, -0.2) is 52.9 Å². The fourth-order valence-corrected chi connectivity index (χ4v) is 5.93. The van der Waals surface area contributed by atoms with Gasteiger partial charge in [-0.05, 0) is 36.4 Å². The minimum atomic E-state index is -0.637. The van der Waals surface area contributed by atoms with E-state index in [9.17, 15) is 9.90 Å². The number of β-lactam (4-membered cyclic amide) rings is 1. The number of nitrogens with one attached hydrogen (secondary N) is 2. The molecule has 0 saturated carbocycles.